The summed E-state index contributed by atoms with van der Waals surface area (Å²) in [5.41, 5.74) is 6.05. The predicted molar refractivity (Wildman–Crippen MR) is 156 cm³/mol. The van der Waals surface area contributed by atoms with Gasteiger partial charge in [0.1, 0.15) is 11.5 Å². The Morgan fingerprint density at radius 1 is 0.667 bits per heavy atom. The highest BCUT2D eigenvalue weighted by Crippen LogP contribution is 2.61. The van der Waals surface area contributed by atoms with Gasteiger partial charge in [0.15, 0.2) is 0 Å². The zero-order valence-electron chi connectivity index (χ0n) is 21.7. The van der Waals surface area contributed by atoms with E-state index in [1.807, 2.05) is 0 Å². The van der Waals surface area contributed by atoms with E-state index in [0.717, 1.165) is 17.9 Å². The second kappa shape index (κ2) is 8.97. The van der Waals surface area contributed by atoms with Gasteiger partial charge in [-0.05, 0) is 28.8 Å². The Hall–Kier alpha value is -4.14. The van der Waals surface area contributed by atoms with Crippen LogP contribution in [0.4, 0.5) is 0 Å². The van der Waals surface area contributed by atoms with Crippen molar-refractivity contribution in [2.75, 3.05) is 0 Å². The summed E-state index contributed by atoms with van der Waals surface area (Å²) in [4.78, 5) is 0. The molecule has 0 radical (unpaired) electrons. The summed E-state index contributed by atoms with van der Waals surface area (Å²) >= 11 is 0. The molecule has 2 nitrogen and oxygen atoms in total. The number of hydrogen-bond donors (Lipinski definition) is 0. The molecule has 3 aromatic rings. The molecule has 1 fully saturated rings. The van der Waals surface area contributed by atoms with Crippen LogP contribution in [0.1, 0.15) is 29.0 Å². The van der Waals surface area contributed by atoms with Crippen LogP contribution in [0.3, 0.4) is 0 Å². The van der Waals surface area contributed by atoms with Gasteiger partial charge < -0.3 is 9.47 Å². The fourth-order valence-corrected chi connectivity index (χ4v) is 7.51. The Bertz CT molecular complexity index is 1600. The van der Waals surface area contributed by atoms with Gasteiger partial charge in [0.2, 0.25) is 0 Å². The Morgan fingerprint density at radius 2 is 1.41 bits per heavy atom. The van der Waals surface area contributed by atoms with E-state index in [2.05, 4.69) is 140 Å². The molecular weight excluding hydrogens is 476 g/mol. The maximum Gasteiger partial charge on any atom is 0.131 e. The molecule has 3 aliphatic carbocycles. The smallest absolute Gasteiger partial charge is 0.131 e. The molecule has 1 saturated heterocycles. The third kappa shape index (κ3) is 3.45. The lowest BCUT2D eigenvalue weighted by atomic mass is 9.51. The summed E-state index contributed by atoms with van der Waals surface area (Å²) in [6.07, 6.45) is 21.6. The first-order valence-electron chi connectivity index (χ1n) is 14.0. The van der Waals surface area contributed by atoms with Gasteiger partial charge in [-0.3, -0.25) is 0 Å². The minimum Gasteiger partial charge on any atom is -0.461 e. The second-order valence-corrected chi connectivity index (χ2v) is 11.1. The van der Waals surface area contributed by atoms with Crippen molar-refractivity contribution < 1.29 is 9.47 Å². The van der Waals surface area contributed by atoms with Crippen LogP contribution in [-0.4, -0.2) is 12.2 Å². The van der Waals surface area contributed by atoms with E-state index in [-0.39, 0.29) is 29.5 Å². The molecule has 3 aromatic carbocycles. The van der Waals surface area contributed by atoms with Crippen molar-refractivity contribution in [3.8, 4) is 5.75 Å². The summed E-state index contributed by atoms with van der Waals surface area (Å²) in [5, 5.41) is 0. The van der Waals surface area contributed by atoms with Crippen molar-refractivity contribution >= 4 is 5.57 Å². The average molecular weight is 507 g/mol. The van der Waals surface area contributed by atoms with E-state index in [1.165, 1.54) is 27.8 Å². The van der Waals surface area contributed by atoms with Gasteiger partial charge in [-0.25, -0.2) is 0 Å². The minimum atomic E-state index is -0.299. The molecular formula is C37H30O2. The summed E-state index contributed by atoms with van der Waals surface area (Å²) < 4.78 is 13.7. The first-order valence-corrected chi connectivity index (χ1v) is 14.0. The molecule has 39 heavy (non-hydrogen) atoms. The third-order valence-electron chi connectivity index (χ3n) is 9.18. The van der Waals surface area contributed by atoms with Crippen molar-refractivity contribution in [2.24, 2.45) is 11.8 Å². The highest BCUT2D eigenvalue weighted by molar-refractivity contribution is 5.76. The molecule has 8 rings (SSSR count). The normalized spacial score (nSPS) is 31.6. The quantitative estimate of drug-likeness (QED) is 0.350. The van der Waals surface area contributed by atoms with Crippen molar-refractivity contribution in [3.63, 3.8) is 0 Å². The van der Waals surface area contributed by atoms with Gasteiger partial charge >= 0.3 is 0 Å². The zero-order valence-corrected chi connectivity index (χ0v) is 21.7. The van der Waals surface area contributed by atoms with Crippen LogP contribution >= 0.6 is 0 Å². The Labute approximate surface area is 230 Å². The van der Waals surface area contributed by atoms with E-state index in [1.54, 1.807) is 0 Å². The van der Waals surface area contributed by atoms with E-state index >= 15 is 0 Å². The van der Waals surface area contributed by atoms with Crippen molar-refractivity contribution in [3.05, 3.63) is 168 Å². The van der Waals surface area contributed by atoms with Crippen LogP contribution in [0.25, 0.3) is 5.57 Å². The fourth-order valence-electron chi connectivity index (χ4n) is 7.51. The average Bonchev–Trinajstić information content (AvgIpc) is 3.01. The van der Waals surface area contributed by atoms with E-state index < -0.39 is 0 Å². The van der Waals surface area contributed by atoms with Crippen molar-refractivity contribution in [2.45, 2.75) is 30.0 Å². The van der Waals surface area contributed by atoms with Gasteiger partial charge in [-0.15, -0.1) is 0 Å². The number of hydrogen-bond acceptors (Lipinski definition) is 2. The van der Waals surface area contributed by atoms with Crippen molar-refractivity contribution in [1.82, 2.24) is 0 Å². The lowest BCUT2D eigenvalue weighted by Crippen LogP contribution is -2.59. The molecule has 0 bridgehead atoms. The summed E-state index contributed by atoms with van der Waals surface area (Å²) in [7, 11) is 0. The summed E-state index contributed by atoms with van der Waals surface area (Å²) in [6.45, 7) is 0. The Balaban J connectivity index is 1.31. The first-order chi connectivity index (χ1) is 19.3. The lowest BCUT2D eigenvalue weighted by molar-refractivity contribution is -0.0844. The Morgan fingerprint density at radius 3 is 2.28 bits per heavy atom. The molecule has 0 N–H and O–H groups in total. The molecule has 0 amide bonds. The van der Waals surface area contributed by atoms with Crippen LogP contribution < -0.4 is 4.74 Å². The molecule has 2 heterocycles. The van der Waals surface area contributed by atoms with Gasteiger partial charge in [0.25, 0.3) is 0 Å². The molecule has 0 aromatic heterocycles. The van der Waals surface area contributed by atoms with Crippen LogP contribution in [-0.2, 0) is 10.2 Å². The molecule has 6 unspecified atom stereocenters. The molecule has 5 aliphatic rings. The summed E-state index contributed by atoms with van der Waals surface area (Å²) in [6, 6.07) is 30.1. The second-order valence-electron chi connectivity index (χ2n) is 11.1. The molecule has 6 atom stereocenters. The topological polar surface area (TPSA) is 18.5 Å². The number of benzene rings is 3. The molecule has 2 heteroatoms. The third-order valence-corrected chi connectivity index (χ3v) is 9.18. The van der Waals surface area contributed by atoms with Crippen LogP contribution in [0.2, 0.25) is 0 Å². The maximum absolute atomic E-state index is 6.91. The molecule has 190 valence electrons. The van der Waals surface area contributed by atoms with E-state index in [9.17, 15) is 0 Å². The zero-order chi connectivity index (χ0) is 25.8. The van der Waals surface area contributed by atoms with Crippen molar-refractivity contribution in [1.29, 1.82) is 0 Å². The summed E-state index contributed by atoms with van der Waals surface area (Å²) in [5.74, 6) is 2.67. The van der Waals surface area contributed by atoms with E-state index in [4.69, 9.17) is 9.47 Å². The number of rotatable bonds is 2. The number of allylic oxidation sites excluding steroid dienone is 8. The Kier molecular flexibility index (Phi) is 5.24. The van der Waals surface area contributed by atoms with Crippen LogP contribution in [0.15, 0.2) is 151 Å². The van der Waals surface area contributed by atoms with E-state index in [0.29, 0.717) is 5.92 Å². The van der Waals surface area contributed by atoms with Gasteiger partial charge in [-0.1, -0.05) is 127 Å². The fraction of sp³-hybridized carbons (Fsp3) is 0.189. The van der Waals surface area contributed by atoms with Crippen LogP contribution in [0, 0.1) is 11.8 Å². The van der Waals surface area contributed by atoms with Gasteiger partial charge in [0.05, 0.1) is 12.2 Å². The largest absolute Gasteiger partial charge is 0.461 e. The molecule has 0 saturated carbocycles. The first kappa shape index (κ1) is 22.8. The van der Waals surface area contributed by atoms with Crippen LogP contribution in [0.5, 0.6) is 5.75 Å². The highest BCUT2D eigenvalue weighted by Gasteiger charge is 2.60. The highest BCUT2D eigenvalue weighted by atomic mass is 16.5. The monoisotopic (exact) mass is 506 g/mol. The van der Waals surface area contributed by atoms with Gasteiger partial charge in [0, 0.05) is 40.7 Å². The number of fused-ring (bicyclic) bond motifs is 7. The maximum atomic E-state index is 6.91. The van der Waals surface area contributed by atoms with Gasteiger partial charge in [-0.2, -0.15) is 0 Å². The minimum absolute atomic E-state index is 0.0174. The standard InChI is InChI=1S/C37H30O2/c1-3-11-25(12-4-1)27-19-21-31-35(23-27)38-33-17-9-7-15-29(33)37(31)30-16-8-10-18-34(30)39-36-24-28(20-22-32(36)37)26-13-5-2-6-14-26/h1-23,28-29,31,33,35H,24H2. The number of para-hydroxylation sites is 1. The number of ether oxygens (including phenoxy) is 2. The lowest BCUT2D eigenvalue weighted by Gasteiger charge is -2.57. The predicted octanol–water partition coefficient (Wildman–Crippen LogP) is 8.09. The SMILES string of the molecule is C1=CC2OC3C=C(c4ccccc4)C=CC3C3(C4=C(CC(c5ccccc5)C=C4)Oc4ccccc43)C2C=C1. The molecule has 2 aliphatic heterocycles. The molecule has 1 spiro atoms.